The van der Waals surface area contributed by atoms with E-state index in [4.69, 9.17) is 0 Å². The summed E-state index contributed by atoms with van der Waals surface area (Å²) in [6, 6.07) is 6.59. The molecule has 0 bridgehead atoms. The molecular formula is C16H22N2O. The van der Waals surface area contributed by atoms with Crippen LogP contribution in [-0.2, 0) is 6.42 Å². The van der Waals surface area contributed by atoms with Crippen molar-refractivity contribution in [3.8, 4) is 0 Å². The second-order valence-electron chi connectivity index (χ2n) is 5.69. The largest absolute Gasteiger partial charge is 0.384 e. The SMILES string of the molecule is O=C(CNC1CCCCC1)c1ccc2c(c1)CCN2. The van der Waals surface area contributed by atoms with Crippen LogP contribution in [0.3, 0.4) is 0 Å². The standard InChI is InChI=1S/C16H22N2O/c19-16(11-18-14-4-2-1-3-5-14)13-6-7-15-12(10-13)8-9-17-15/h6-7,10,14,17-18H,1-5,8-9,11H2. The summed E-state index contributed by atoms with van der Waals surface area (Å²) >= 11 is 0. The molecule has 1 aromatic rings. The van der Waals surface area contributed by atoms with E-state index in [0.717, 1.165) is 18.5 Å². The van der Waals surface area contributed by atoms with Gasteiger partial charge in [-0.25, -0.2) is 0 Å². The third-order valence-corrected chi connectivity index (χ3v) is 4.29. The first-order chi connectivity index (χ1) is 9.33. The first kappa shape index (κ1) is 12.7. The van der Waals surface area contributed by atoms with Crippen LogP contribution in [0.2, 0.25) is 0 Å². The second-order valence-corrected chi connectivity index (χ2v) is 5.69. The molecule has 1 heterocycles. The van der Waals surface area contributed by atoms with E-state index in [9.17, 15) is 4.79 Å². The number of fused-ring (bicyclic) bond motifs is 1. The minimum absolute atomic E-state index is 0.222. The fourth-order valence-corrected chi connectivity index (χ4v) is 3.12. The van der Waals surface area contributed by atoms with Crippen LogP contribution in [0, 0.1) is 0 Å². The second kappa shape index (κ2) is 5.74. The third kappa shape index (κ3) is 2.98. The van der Waals surface area contributed by atoms with E-state index < -0.39 is 0 Å². The van der Waals surface area contributed by atoms with Gasteiger partial charge < -0.3 is 10.6 Å². The summed E-state index contributed by atoms with van der Waals surface area (Å²) in [5.74, 6) is 0.222. The molecule has 19 heavy (non-hydrogen) atoms. The van der Waals surface area contributed by atoms with Crippen molar-refractivity contribution in [1.29, 1.82) is 0 Å². The summed E-state index contributed by atoms with van der Waals surface area (Å²) in [5, 5.41) is 6.75. The summed E-state index contributed by atoms with van der Waals surface area (Å²) < 4.78 is 0. The molecule has 1 saturated carbocycles. The Morgan fingerprint density at radius 1 is 1.26 bits per heavy atom. The van der Waals surface area contributed by atoms with Gasteiger partial charge in [0.1, 0.15) is 0 Å². The highest BCUT2D eigenvalue weighted by molar-refractivity contribution is 5.98. The maximum absolute atomic E-state index is 12.2. The molecule has 0 saturated heterocycles. The zero-order valence-corrected chi connectivity index (χ0v) is 11.4. The highest BCUT2D eigenvalue weighted by Gasteiger charge is 2.16. The topological polar surface area (TPSA) is 41.1 Å². The van der Waals surface area contributed by atoms with Crippen molar-refractivity contribution in [1.82, 2.24) is 5.32 Å². The summed E-state index contributed by atoms with van der Waals surface area (Å²) in [6.07, 6.45) is 7.44. The maximum atomic E-state index is 12.2. The predicted molar refractivity (Wildman–Crippen MR) is 77.8 cm³/mol. The molecule has 1 fully saturated rings. The summed E-state index contributed by atoms with van der Waals surface area (Å²) in [6.45, 7) is 1.48. The summed E-state index contributed by atoms with van der Waals surface area (Å²) in [4.78, 5) is 12.2. The van der Waals surface area contributed by atoms with Gasteiger partial charge in [-0.05, 0) is 43.0 Å². The van der Waals surface area contributed by atoms with Crippen LogP contribution in [0.25, 0.3) is 0 Å². The van der Waals surface area contributed by atoms with Crippen molar-refractivity contribution < 1.29 is 4.79 Å². The molecule has 2 N–H and O–H groups in total. The molecule has 102 valence electrons. The number of carbonyl (C=O) groups excluding carboxylic acids is 1. The Balaban J connectivity index is 1.57. The molecule has 0 aromatic heterocycles. The number of nitrogens with one attached hydrogen (secondary N) is 2. The molecule has 3 nitrogen and oxygen atoms in total. The number of ketones is 1. The molecular weight excluding hydrogens is 236 g/mol. The molecule has 1 aromatic carbocycles. The Kier molecular flexibility index (Phi) is 3.83. The van der Waals surface area contributed by atoms with Crippen molar-refractivity contribution in [2.75, 3.05) is 18.4 Å². The summed E-state index contributed by atoms with van der Waals surface area (Å²) in [7, 11) is 0. The fourth-order valence-electron chi connectivity index (χ4n) is 3.12. The smallest absolute Gasteiger partial charge is 0.176 e. The van der Waals surface area contributed by atoms with Gasteiger partial charge in [0.15, 0.2) is 5.78 Å². The van der Waals surface area contributed by atoms with Gasteiger partial charge in [-0.1, -0.05) is 19.3 Å². The number of hydrogen-bond donors (Lipinski definition) is 2. The van der Waals surface area contributed by atoms with Gasteiger partial charge in [-0.15, -0.1) is 0 Å². The predicted octanol–water partition coefficient (Wildman–Crippen LogP) is 2.76. The zero-order chi connectivity index (χ0) is 13.1. The highest BCUT2D eigenvalue weighted by Crippen LogP contribution is 2.23. The third-order valence-electron chi connectivity index (χ3n) is 4.29. The quantitative estimate of drug-likeness (QED) is 0.816. The van der Waals surface area contributed by atoms with E-state index in [0.29, 0.717) is 12.6 Å². The zero-order valence-electron chi connectivity index (χ0n) is 11.4. The van der Waals surface area contributed by atoms with Gasteiger partial charge in [0.25, 0.3) is 0 Å². The molecule has 3 heteroatoms. The lowest BCUT2D eigenvalue weighted by Gasteiger charge is -2.22. The van der Waals surface area contributed by atoms with Crippen molar-refractivity contribution in [3.63, 3.8) is 0 Å². The molecule has 0 amide bonds. The monoisotopic (exact) mass is 258 g/mol. The lowest BCUT2D eigenvalue weighted by Crippen LogP contribution is -2.35. The first-order valence-electron chi connectivity index (χ1n) is 7.46. The first-order valence-corrected chi connectivity index (χ1v) is 7.46. The molecule has 1 aliphatic heterocycles. The average molecular weight is 258 g/mol. The Hall–Kier alpha value is -1.35. The van der Waals surface area contributed by atoms with E-state index >= 15 is 0 Å². The van der Waals surface area contributed by atoms with Crippen LogP contribution in [0.5, 0.6) is 0 Å². The average Bonchev–Trinajstić information content (AvgIpc) is 2.93. The molecule has 0 spiro atoms. The molecule has 0 atom stereocenters. The molecule has 2 aliphatic rings. The van der Waals surface area contributed by atoms with Gasteiger partial charge in [-0.3, -0.25) is 4.79 Å². The van der Waals surface area contributed by atoms with Crippen LogP contribution >= 0.6 is 0 Å². The van der Waals surface area contributed by atoms with Crippen LogP contribution in [0.4, 0.5) is 5.69 Å². The number of benzene rings is 1. The van der Waals surface area contributed by atoms with E-state index in [1.165, 1.54) is 43.4 Å². The molecule has 0 radical (unpaired) electrons. The number of hydrogen-bond acceptors (Lipinski definition) is 3. The Morgan fingerprint density at radius 3 is 2.95 bits per heavy atom. The van der Waals surface area contributed by atoms with Crippen molar-refractivity contribution in [3.05, 3.63) is 29.3 Å². The van der Waals surface area contributed by atoms with Crippen LogP contribution in [0.15, 0.2) is 18.2 Å². The van der Waals surface area contributed by atoms with Crippen LogP contribution < -0.4 is 10.6 Å². The lowest BCUT2D eigenvalue weighted by atomic mass is 9.95. The molecule has 3 rings (SSSR count). The lowest BCUT2D eigenvalue weighted by molar-refractivity contribution is 0.0984. The Labute approximate surface area is 114 Å². The molecule has 0 unspecified atom stereocenters. The van der Waals surface area contributed by atoms with Gasteiger partial charge in [-0.2, -0.15) is 0 Å². The van der Waals surface area contributed by atoms with Gasteiger partial charge in [0, 0.05) is 23.8 Å². The van der Waals surface area contributed by atoms with Gasteiger partial charge >= 0.3 is 0 Å². The Bertz CT molecular complexity index is 464. The van der Waals surface area contributed by atoms with Gasteiger partial charge in [0.2, 0.25) is 0 Å². The van der Waals surface area contributed by atoms with Crippen molar-refractivity contribution in [2.24, 2.45) is 0 Å². The van der Waals surface area contributed by atoms with Crippen molar-refractivity contribution in [2.45, 2.75) is 44.6 Å². The summed E-state index contributed by atoms with van der Waals surface area (Å²) in [5.41, 5.74) is 3.33. The van der Waals surface area contributed by atoms with E-state index in [-0.39, 0.29) is 5.78 Å². The van der Waals surface area contributed by atoms with Crippen LogP contribution in [0.1, 0.15) is 48.0 Å². The molecule has 1 aliphatic carbocycles. The number of anilines is 1. The Morgan fingerprint density at radius 2 is 2.11 bits per heavy atom. The maximum Gasteiger partial charge on any atom is 0.176 e. The fraction of sp³-hybridized carbons (Fsp3) is 0.562. The van der Waals surface area contributed by atoms with E-state index in [1.807, 2.05) is 12.1 Å². The van der Waals surface area contributed by atoms with Crippen LogP contribution in [-0.4, -0.2) is 24.9 Å². The van der Waals surface area contributed by atoms with Gasteiger partial charge in [0.05, 0.1) is 6.54 Å². The minimum Gasteiger partial charge on any atom is -0.384 e. The van der Waals surface area contributed by atoms with E-state index in [1.54, 1.807) is 0 Å². The highest BCUT2D eigenvalue weighted by atomic mass is 16.1. The number of Topliss-reactive ketones (excluding diaryl/α,β-unsaturated/α-hetero) is 1. The van der Waals surface area contributed by atoms with E-state index in [2.05, 4.69) is 16.7 Å². The minimum atomic E-state index is 0.222. The van der Waals surface area contributed by atoms with Crippen molar-refractivity contribution >= 4 is 11.5 Å². The number of carbonyl (C=O) groups is 1. The number of rotatable bonds is 4. The normalized spacial score (nSPS) is 18.9.